The lowest BCUT2D eigenvalue weighted by molar-refractivity contribution is 0.581. The summed E-state index contributed by atoms with van der Waals surface area (Å²) in [6, 6.07) is 23.6. The molecule has 0 fully saturated rings. The third-order valence-electron chi connectivity index (χ3n) is 4.72. The predicted octanol–water partition coefficient (Wildman–Crippen LogP) is 4.44. The van der Waals surface area contributed by atoms with E-state index < -0.39 is 10.0 Å². The Bertz CT molecular complexity index is 1280. The molecule has 0 aliphatic heterocycles. The van der Waals surface area contributed by atoms with Gasteiger partial charge in [-0.25, -0.2) is 13.1 Å². The first-order valence-electron chi connectivity index (χ1n) is 9.75. The van der Waals surface area contributed by atoms with Crippen LogP contribution < -0.4 is 4.72 Å². The van der Waals surface area contributed by atoms with Gasteiger partial charge in [0, 0.05) is 11.6 Å². The molecule has 1 atom stereocenters. The number of aromatic nitrogens is 4. The molecule has 0 saturated heterocycles. The van der Waals surface area contributed by atoms with E-state index >= 15 is 0 Å². The molecular formula is C22H20ClN5O2S2. The van der Waals surface area contributed by atoms with Crippen molar-refractivity contribution < 1.29 is 8.42 Å². The Morgan fingerprint density at radius 2 is 1.69 bits per heavy atom. The minimum Gasteiger partial charge on any atom is -0.210 e. The molecule has 3 aromatic carbocycles. The molecule has 0 aliphatic carbocycles. The van der Waals surface area contributed by atoms with Crippen LogP contribution in [-0.4, -0.2) is 35.2 Å². The summed E-state index contributed by atoms with van der Waals surface area (Å²) in [4.78, 5) is 0.228. The number of hydrogen-bond acceptors (Lipinski definition) is 6. The van der Waals surface area contributed by atoms with Crippen molar-refractivity contribution in [1.29, 1.82) is 0 Å². The Balaban J connectivity index is 1.58. The maximum absolute atomic E-state index is 12.8. The topological polar surface area (TPSA) is 89.8 Å². The number of nitrogens with zero attached hydrogens (tertiary/aromatic N) is 4. The van der Waals surface area contributed by atoms with Gasteiger partial charge in [0.25, 0.3) is 0 Å². The number of halogens is 1. The predicted molar refractivity (Wildman–Crippen MR) is 126 cm³/mol. The fourth-order valence-corrected chi connectivity index (χ4v) is 5.32. The number of aryl methyl sites for hydroxylation is 1. The van der Waals surface area contributed by atoms with Gasteiger partial charge in [-0.05, 0) is 59.3 Å². The molecule has 0 radical (unpaired) electrons. The maximum Gasteiger partial charge on any atom is 0.240 e. The van der Waals surface area contributed by atoms with Crippen LogP contribution in [0.5, 0.6) is 0 Å². The van der Waals surface area contributed by atoms with E-state index in [1.807, 2.05) is 49.4 Å². The zero-order valence-electron chi connectivity index (χ0n) is 17.1. The minimum atomic E-state index is -3.66. The van der Waals surface area contributed by atoms with Gasteiger partial charge in [0.1, 0.15) is 0 Å². The monoisotopic (exact) mass is 485 g/mol. The summed E-state index contributed by atoms with van der Waals surface area (Å²) in [7, 11) is -3.66. The standard InChI is InChI=1S/C22H20ClN5O2S2/c1-16-7-13-20(14-8-16)32(29,30)24-15-21(17-5-3-2-4-6-17)31-22-25-26-27-28(22)19-11-9-18(23)10-12-19/h2-14,21,24H,15H2,1H3/t21-/m0/s1. The zero-order valence-corrected chi connectivity index (χ0v) is 19.5. The Kier molecular flexibility index (Phi) is 6.90. The number of nitrogens with one attached hydrogen (secondary N) is 1. The van der Waals surface area contributed by atoms with Crippen molar-refractivity contribution >= 4 is 33.4 Å². The number of rotatable bonds is 8. The lowest BCUT2D eigenvalue weighted by Crippen LogP contribution is -2.28. The average Bonchev–Trinajstić information content (AvgIpc) is 3.26. The molecule has 4 rings (SSSR count). The van der Waals surface area contributed by atoms with Crippen LogP contribution in [0.2, 0.25) is 5.02 Å². The van der Waals surface area contributed by atoms with Gasteiger partial charge in [0.05, 0.1) is 15.8 Å². The van der Waals surface area contributed by atoms with Gasteiger partial charge in [-0.2, -0.15) is 4.68 Å². The van der Waals surface area contributed by atoms with Gasteiger partial charge in [0.15, 0.2) is 0 Å². The van der Waals surface area contributed by atoms with Crippen molar-refractivity contribution in [3.8, 4) is 5.69 Å². The second kappa shape index (κ2) is 9.83. The van der Waals surface area contributed by atoms with Crippen molar-refractivity contribution in [2.24, 2.45) is 0 Å². The summed E-state index contributed by atoms with van der Waals surface area (Å²) in [5, 5.41) is 12.9. The summed E-state index contributed by atoms with van der Waals surface area (Å²) in [6.45, 7) is 2.08. The molecule has 164 valence electrons. The van der Waals surface area contributed by atoms with Gasteiger partial charge in [0.2, 0.25) is 15.2 Å². The van der Waals surface area contributed by atoms with Crippen LogP contribution in [-0.2, 0) is 10.0 Å². The van der Waals surface area contributed by atoms with Crippen LogP contribution in [0.15, 0.2) is 88.9 Å². The second-order valence-corrected chi connectivity index (χ2v) is 10.4. The molecule has 0 spiro atoms. The van der Waals surface area contributed by atoms with Crippen LogP contribution in [0.3, 0.4) is 0 Å². The van der Waals surface area contributed by atoms with Crippen molar-refractivity contribution in [2.45, 2.75) is 22.2 Å². The lowest BCUT2D eigenvalue weighted by atomic mass is 10.1. The second-order valence-electron chi connectivity index (χ2n) is 7.03. The Morgan fingerprint density at radius 1 is 1.00 bits per heavy atom. The molecule has 0 saturated carbocycles. The van der Waals surface area contributed by atoms with Crippen LogP contribution in [0.1, 0.15) is 16.4 Å². The molecule has 1 heterocycles. The Hall–Kier alpha value is -2.72. The molecule has 0 aliphatic rings. The van der Waals surface area contributed by atoms with Gasteiger partial charge in [-0.15, -0.1) is 5.10 Å². The summed E-state index contributed by atoms with van der Waals surface area (Å²) >= 11 is 7.37. The highest BCUT2D eigenvalue weighted by Gasteiger charge is 2.22. The SMILES string of the molecule is Cc1ccc(S(=O)(=O)NC[C@H](Sc2nnnn2-c2ccc(Cl)cc2)c2ccccc2)cc1. The first kappa shape index (κ1) is 22.5. The van der Waals surface area contributed by atoms with Crippen molar-refractivity contribution in [2.75, 3.05) is 6.54 Å². The molecular weight excluding hydrogens is 466 g/mol. The van der Waals surface area contributed by atoms with E-state index in [9.17, 15) is 8.42 Å². The summed E-state index contributed by atoms with van der Waals surface area (Å²) < 4.78 is 30.0. The summed E-state index contributed by atoms with van der Waals surface area (Å²) in [5.41, 5.74) is 2.71. The molecule has 0 bridgehead atoms. The van der Waals surface area contributed by atoms with E-state index in [2.05, 4.69) is 20.2 Å². The van der Waals surface area contributed by atoms with E-state index in [-0.39, 0.29) is 16.7 Å². The average molecular weight is 486 g/mol. The molecule has 32 heavy (non-hydrogen) atoms. The molecule has 4 aromatic rings. The highest BCUT2D eigenvalue weighted by molar-refractivity contribution is 7.99. The fourth-order valence-electron chi connectivity index (χ4n) is 3.01. The molecule has 10 heteroatoms. The molecule has 1 N–H and O–H groups in total. The van der Waals surface area contributed by atoms with E-state index in [0.29, 0.717) is 10.2 Å². The number of tetrazole rings is 1. The van der Waals surface area contributed by atoms with Crippen molar-refractivity contribution in [3.63, 3.8) is 0 Å². The first-order valence-corrected chi connectivity index (χ1v) is 12.5. The molecule has 7 nitrogen and oxygen atoms in total. The quantitative estimate of drug-likeness (QED) is 0.371. The summed E-state index contributed by atoms with van der Waals surface area (Å²) in [5.74, 6) is 0. The summed E-state index contributed by atoms with van der Waals surface area (Å²) in [6.07, 6.45) is 0. The van der Waals surface area contributed by atoms with E-state index in [0.717, 1.165) is 16.8 Å². The third kappa shape index (κ3) is 5.36. The van der Waals surface area contributed by atoms with E-state index in [1.165, 1.54) is 11.8 Å². The van der Waals surface area contributed by atoms with Crippen LogP contribution in [0.4, 0.5) is 0 Å². The third-order valence-corrected chi connectivity index (χ3v) is 7.60. The largest absolute Gasteiger partial charge is 0.240 e. The van der Waals surface area contributed by atoms with E-state index in [1.54, 1.807) is 41.1 Å². The Morgan fingerprint density at radius 3 is 2.38 bits per heavy atom. The van der Waals surface area contributed by atoms with Crippen LogP contribution >= 0.6 is 23.4 Å². The highest BCUT2D eigenvalue weighted by Crippen LogP contribution is 2.34. The Labute approximate surface area is 195 Å². The van der Waals surface area contributed by atoms with Crippen molar-refractivity contribution in [1.82, 2.24) is 24.9 Å². The minimum absolute atomic E-state index is 0.165. The maximum atomic E-state index is 12.8. The number of benzene rings is 3. The van der Waals surface area contributed by atoms with Crippen molar-refractivity contribution in [3.05, 3.63) is 95.0 Å². The first-order chi connectivity index (χ1) is 15.4. The molecule has 0 unspecified atom stereocenters. The number of thioether (sulfide) groups is 1. The smallest absolute Gasteiger partial charge is 0.210 e. The van der Waals surface area contributed by atoms with Gasteiger partial charge in [-0.3, -0.25) is 0 Å². The van der Waals surface area contributed by atoms with Gasteiger partial charge in [-0.1, -0.05) is 71.4 Å². The van der Waals surface area contributed by atoms with E-state index in [4.69, 9.17) is 11.6 Å². The normalized spacial score (nSPS) is 12.6. The molecule has 1 aromatic heterocycles. The fraction of sp³-hybridized carbons (Fsp3) is 0.136. The van der Waals surface area contributed by atoms with Gasteiger partial charge >= 0.3 is 0 Å². The number of sulfonamides is 1. The highest BCUT2D eigenvalue weighted by atomic mass is 35.5. The van der Waals surface area contributed by atoms with Gasteiger partial charge < -0.3 is 0 Å². The zero-order chi connectivity index (χ0) is 22.6. The molecule has 0 amide bonds. The number of hydrogen-bond donors (Lipinski definition) is 1. The lowest BCUT2D eigenvalue weighted by Gasteiger charge is -2.17. The van der Waals surface area contributed by atoms with Crippen LogP contribution in [0, 0.1) is 6.92 Å². The van der Waals surface area contributed by atoms with Crippen LogP contribution in [0.25, 0.3) is 5.69 Å².